The summed E-state index contributed by atoms with van der Waals surface area (Å²) in [6.07, 6.45) is 4.63. The van der Waals surface area contributed by atoms with Crippen LogP contribution in [0.2, 0.25) is 0 Å². The smallest absolute Gasteiger partial charge is 0.312 e. The van der Waals surface area contributed by atoms with Gasteiger partial charge >= 0.3 is 5.97 Å². The van der Waals surface area contributed by atoms with E-state index < -0.39 is 35.6 Å². The average Bonchev–Trinajstić information content (AvgIpc) is 3.56. The zero-order valence-corrected chi connectivity index (χ0v) is 26.1. The molecule has 41 heavy (non-hydrogen) atoms. The van der Waals surface area contributed by atoms with Gasteiger partial charge in [0, 0.05) is 49.0 Å². The lowest BCUT2D eigenvalue weighted by Crippen LogP contribution is -2.57. The van der Waals surface area contributed by atoms with Gasteiger partial charge in [0.2, 0.25) is 5.91 Å². The third-order valence-electron chi connectivity index (χ3n) is 8.76. The Balaban J connectivity index is 1.71. The van der Waals surface area contributed by atoms with Crippen LogP contribution in [0, 0.1) is 11.8 Å². The molecule has 1 aromatic rings. The van der Waals surface area contributed by atoms with Crippen molar-refractivity contribution in [2.45, 2.75) is 75.4 Å². The molecule has 3 heterocycles. The number of fused-ring (bicyclic) bond motifs is 1. The second kappa shape index (κ2) is 13.7. The van der Waals surface area contributed by atoms with Gasteiger partial charge in [-0.2, -0.15) is 0 Å². The van der Waals surface area contributed by atoms with Crippen molar-refractivity contribution in [1.82, 2.24) is 4.90 Å². The van der Waals surface area contributed by atoms with Crippen LogP contribution in [-0.2, 0) is 23.9 Å². The molecule has 1 unspecified atom stereocenters. The van der Waals surface area contributed by atoms with Crippen LogP contribution in [0.5, 0.6) is 0 Å². The van der Waals surface area contributed by atoms with Gasteiger partial charge in [-0.3, -0.25) is 14.4 Å². The van der Waals surface area contributed by atoms with Crippen molar-refractivity contribution in [3.05, 3.63) is 36.9 Å². The number of alkyl halides is 1. The molecule has 1 N–H and O–H groups in total. The summed E-state index contributed by atoms with van der Waals surface area (Å²) in [6.45, 7) is 12.6. The van der Waals surface area contributed by atoms with Crippen molar-refractivity contribution in [1.29, 1.82) is 0 Å². The average molecular weight is 635 g/mol. The molecule has 9 nitrogen and oxygen atoms in total. The van der Waals surface area contributed by atoms with Gasteiger partial charge in [0.05, 0.1) is 24.5 Å². The Morgan fingerprint density at radius 3 is 2.41 bits per heavy atom. The van der Waals surface area contributed by atoms with Crippen LogP contribution in [-0.4, -0.2) is 89.8 Å². The summed E-state index contributed by atoms with van der Waals surface area (Å²) >= 11 is 3.70. The largest absolute Gasteiger partial charge is 0.466 e. The van der Waals surface area contributed by atoms with Crippen molar-refractivity contribution >= 4 is 45.1 Å². The zero-order valence-electron chi connectivity index (χ0n) is 24.5. The molecule has 0 radical (unpaired) electrons. The molecule has 3 aliphatic heterocycles. The summed E-state index contributed by atoms with van der Waals surface area (Å²) in [5, 5.41) is 9.17. The maximum absolute atomic E-state index is 14.6. The highest BCUT2D eigenvalue weighted by Crippen LogP contribution is 2.60. The highest BCUT2D eigenvalue weighted by atomic mass is 79.9. The summed E-state index contributed by atoms with van der Waals surface area (Å²) in [6, 6.07) is 7.00. The number of anilines is 2. The Morgan fingerprint density at radius 1 is 1.15 bits per heavy atom. The SMILES string of the molecule is C=CCN(C(=O)[C@H]1N(CCCCCCO)C(=O)[C@@H]2[C@@H](C(=O)OCC)[C@@H]3O[C@@]21CC3Br)c1ccc(N(CC)CC)cc1. The van der Waals surface area contributed by atoms with Crippen molar-refractivity contribution in [3.63, 3.8) is 0 Å². The van der Waals surface area contributed by atoms with Crippen LogP contribution in [0.25, 0.3) is 0 Å². The van der Waals surface area contributed by atoms with Crippen LogP contribution < -0.4 is 9.80 Å². The van der Waals surface area contributed by atoms with Crippen LogP contribution in [0.4, 0.5) is 11.4 Å². The van der Waals surface area contributed by atoms with Gasteiger partial charge in [-0.05, 0) is 64.3 Å². The minimum Gasteiger partial charge on any atom is -0.466 e. The number of unbranched alkanes of at least 4 members (excludes halogenated alkanes) is 3. The molecular formula is C31H44BrN3O6. The summed E-state index contributed by atoms with van der Waals surface area (Å²) in [5.74, 6) is -2.45. The fourth-order valence-electron chi connectivity index (χ4n) is 6.94. The number of ether oxygens (including phenoxy) is 2. The van der Waals surface area contributed by atoms with E-state index in [1.807, 2.05) is 24.3 Å². The van der Waals surface area contributed by atoms with Crippen LogP contribution in [0.3, 0.4) is 0 Å². The zero-order chi connectivity index (χ0) is 29.7. The van der Waals surface area contributed by atoms with Gasteiger partial charge in [-0.1, -0.05) is 34.8 Å². The minimum absolute atomic E-state index is 0.127. The van der Waals surface area contributed by atoms with E-state index in [1.165, 1.54) is 0 Å². The molecule has 1 spiro atoms. The minimum atomic E-state index is -1.13. The first kappa shape index (κ1) is 31.5. The van der Waals surface area contributed by atoms with Gasteiger partial charge in [0.25, 0.3) is 5.91 Å². The van der Waals surface area contributed by atoms with Crippen LogP contribution in [0.1, 0.15) is 52.9 Å². The number of aliphatic hydroxyl groups excluding tert-OH is 1. The van der Waals surface area contributed by atoms with E-state index in [1.54, 1.807) is 22.8 Å². The molecule has 6 atom stereocenters. The number of esters is 1. The van der Waals surface area contributed by atoms with Crippen molar-refractivity contribution < 1.29 is 29.0 Å². The Labute approximate surface area is 252 Å². The maximum atomic E-state index is 14.6. The maximum Gasteiger partial charge on any atom is 0.312 e. The first-order valence-electron chi connectivity index (χ1n) is 15.0. The molecule has 10 heteroatoms. The van der Waals surface area contributed by atoms with E-state index in [4.69, 9.17) is 14.6 Å². The van der Waals surface area contributed by atoms with Crippen molar-refractivity contribution in [2.24, 2.45) is 11.8 Å². The number of amides is 2. The summed E-state index contributed by atoms with van der Waals surface area (Å²) in [5.41, 5.74) is 0.655. The normalized spacial score (nSPS) is 28.1. The van der Waals surface area contributed by atoms with E-state index in [0.717, 1.165) is 31.6 Å². The second-order valence-electron chi connectivity index (χ2n) is 11.0. The highest BCUT2D eigenvalue weighted by molar-refractivity contribution is 9.09. The van der Waals surface area contributed by atoms with Gasteiger partial charge < -0.3 is 29.3 Å². The van der Waals surface area contributed by atoms with Gasteiger partial charge in [0.15, 0.2) is 0 Å². The van der Waals surface area contributed by atoms with Gasteiger partial charge in [0.1, 0.15) is 11.6 Å². The number of benzene rings is 1. The predicted molar refractivity (Wildman–Crippen MR) is 162 cm³/mol. The highest BCUT2D eigenvalue weighted by Gasteiger charge is 2.77. The van der Waals surface area contributed by atoms with E-state index in [-0.39, 0.29) is 36.4 Å². The molecule has 2 amide bonds. The summed E-state index contributed by atoms with van der Waals surface area (Å²) in [4.78, 5) is 47.3. The molecule has 3 fully saturated rings. The van der Waals surface area contributed by atoms with Crippen LogP contribution in [0.15, 0.2) is 36.9 Å². The molecule has 226 valence electrons. The molecule has 3 saturated heterocycles. The summed E-state index contributed by atoms with van der Waals surface area (Å²) in [7, 11) is 0. The Bertz CT molecular complexity index is 1100. The number of hydrogen-bond acceptors (Lipinski definition) is 7. The lowest BCUT2D eigenvalue weighted by Gasteiger charge is -2.37. The predicted octanol–water partition coefficient (Wildman–Crippen LogP) is 3.92. The monoisotopic (exact) mass is 633 g/mol. The molecule has 3 aliphatic rings. The number of nitrogens with zero attached hydrogens (tertiary/aromatic N) is 3. The Morgan fingerprint density at radius 2 is 1.80 bits per heavy atom. The van der Waals surface area contributed by atoms with Crippen LogP contribution >= 0.6 is 15.9 Å². The van der Waals surface area contributed by atoms with Crippen molar-refractivity contribution in [3.8, 4) is 0 Å². The second-order valence-corrected chi connectivity index (χ2v) is 12.2. The number of carbonyl (C=O) groups excluding carboxylic acids is 3. The van der Waals surface area contributed by atoms with E-state index in [9.17, 15) is 14.4 Å². The van der Waals surface area contributed by atoms with E-state index >= 15 is 0 Å². The fourth-order valence-corrected chi connectivity index (χ4v) is 7.88. The Hall–Kier alpha value is -2.43. The number of aliphatic hydroxyl groups is 1. The molecule has 2 bridgehead atoms. The molecule has 1 aromatic carbocycles. The van der Waals surface area contributed by atoms with Crippen molar-refractivity contribution in [2.75, 3.05) is 49.2 Å². The lowest BCUT2D eigenvalue weighted by atomic mass is 9.70. The quantitative estimate of drug-likeness (QED) is 0.135. The third-order valence-corrected chi connectivity index (χ3v) is 9.60. The van der Waals surface area contributed by atoms with E-state index in [2.05, 4.69) is 41.3 Å². The van der Waals surface area contributed by atoms with E-state index in [0.29, 0.717) is 31.5 Å². The molecule has 0 aromatic heterocycles. The molecule has 0 aliphatic carbocycles. The van der Waals surface area contributed by atoms with Gasteiger partial charge in [-0.25, -0.2) is 0 Å². The first-order valence-corrected chi connectivity index (χ1v) is 15.9. The number of halogens is 1. The first-order chi connectivity index (χ1) is 19.8. The molecule has 4 rings (SSSR count). The van der Waals surface area contributed by atoms with Gasteiger partial charge in [-0.15, -0.1) is 6.58 Å². The summed E-state index contributed by atoms with van der Waals surface area (Å²) < 4.78 is 12.0. The lowest BCUT2D eigenvalue weighted by molar-refractivity contribution is -0.154. The molecular weight excluding hydrogens is 590 g/mol. The third kappa shape index (κ3) is 5.79. The number of carbonyl (C=O) groups is 3. The number of likely N-dealkylation sites (tertiary alicyclic amines) is 1. The number of rotatable bonds is 15. The molecule has 0 saturated carbocycles. The number of hydrogen-bond donors (Lipinski definition) is 1. The topological polar surface area (TPSA) is 99.6 Å². The standard InChI is InChI=1S/C31H44BrN3O6/c1-5-17-34(22-15-13-21(14-16-22)33(6-2)7-3)29(38)27-31-20-23(32)26(41-31)24(30(39)40-8-4)25(31)28(37)35(27)18-11-9-10-12-19-36/h5,13-16,23-27,36H,1,6-12,17-20H2,2-4H3/t23?,24-,25+,26-,27-,31+/m1/s1. The fraction of sp³-hybridized carbons (Fsp3) is 0.645. The Kier molecular flexibility index (Phi) is 10.5.